The molecule has 1 aliphatic rings. The van der Waals surface area contributed by atoms with Crippen LogP contribution in [0.15, 0.2) is 42.9 Å². The van der Waals surface area contributed by atoms with Crippen LogP contribution in [0.4, 0.5) is 0 Å². The molecule has 1 saturated heterocycles. The summed E-state index contributed by atoms with van der Waals surface area (Å²) in [6.07, 6.45) is 6.13. The number of methoxy groups -OCH3 is 1. The number of aliphatic hydroxyl groups is 1. The first kappa shape index (κ1) is 17.4. The van der Waals surface area contributed by atoms with Crippen molar-refractivity contribution in [2.45, 2.75) is 25.4 Å². The van der Waals surface area contributed by atoms with Gasteiger partial charge in [-0.2, -0.15) is 0 Å². The van der Waals surface area contributed by atoms with E-state index in [1.807, 2.05) is 24.3 Å². The van der Waals surface area contributed by atoms with Crippen molar-refractivity contribution >= 4 is 5.91 Å². The Morgan fingerprint density at radius 3 is 2.92 bits per heavy atom. The SMILES string of the molecule is COc1ccccc1CCC(=O)N1C[C@@H](Cc2cnccn2)[C@H](O)C1. The Labute approximate surface area is 147 Å². The largest absolute Gasteiger partial charge is 0.496 e. The lowest BCUT2D eigenvalue weighted by atomic mass is 10.0. The lowest BCUT2D eigenvalue weighted by Gasteiger charge is -2.16. The number of carbonyl (C=O) groups is 1. The monoisotopic (exact) mass is 341 g/mol. The van der Waals surface area contributed by atoms with E-state index < -0.39 is 6.10 Å². The van der Waals surface area contributed by atoms with Crippen molar-refractivity contribution in [3.8, 4) is 5.75 Å². The van der Waals surface area contributed by atoms with E-state index in [1.54, 1.807) is 30.6 Å². The predicted octanol–water partition coefficient (Wildman–Crippen LogP) is 1.48. The van der Waals surface area contributed by atoms with Crippen molar-refractivity contribution in [2.24, 2.45) is 5.92 Å². The van der Waals surface area contributed by atoms with Gasteiger partial charge in [0, 0.05) is 44.0 Å². The van der Waals surface area contributed by atoms with Gasteiger partial charge in [-0.25, -0.2) is 0 Å². The molecule has 2 atom stereocenters. The van der Waals surface area contributed by atoms with Gasteiger partial charge in [-0.05, 0) is 24.5 Å². The van der Waals surface area contributed by atoms with Gasteiger partial charge in [-0.3, -0.25) is 14.8 Å². The molecule has 0 aliphatic carbocycles. The van der Waals surface area contributed by atoms with Crippen molar-refractivity contribution in [2.75, 3.05) is 20.2 Å². The van der Waals surface area contributed by atoms with E-state index >= 15 is 0 Å². The number of rotatable bonds is 6. The van der Waals surface area contributed by atoms with E-state index in [2.05, 4.69) is 9.97 Å². The van der Waals surface area contributed by atoms with Crippen LogP contribution in [0.1, 0.15) is 17.7 Å². The minimum absolute atomic E-state index is 0.00640. The highest BCUT2D eigenvalue weighted by molar-refractivity contribution is 5.77. The molecule has 6 nitrogen and oxygen atoms in total. The maximum atomic E-state index is 12.5. The summed E-state index contributed by atoms with van der Waals surface area (Å²) in [6.45, 7) is 0.943. The summed E-state index contributed by atoms with van der Waals surface area (Å²) >= 11 is 0. The number of amides is 1. The molecule has 0 saturated carbocycles. The second-order valence-corrected chi connectivity index (χ2v) is 6.34. The molecule has 1 aromatic carbocycles. The molecule has 1 aliphatic heterocycles. The predicted molar refractivity (Wildman–Crippen MR) is 93.1 cm³/mol. The second-order valence-electron chi connectivity index (χ2n) is 6.34. The lowest BCUT2D eigenvalue weighted by Crippen LogP contribution is -2.29. The number of para-hydroxylation sites is 1. The number of β-amino-alcohol motifs (C(OH)–C–C–N with tert-alkyl or cyclic N) is 1. The van der Waals surface area contributed by atoms with Gasteiger partial charge in [0.1, 0.15) is 5.75 Å². The maximum absolute atomic E-state index is 12.5. The molecule has 0 spiro atoms. The van der Waals surface area contributed by atoms with E-state index in [0.29, 0.717) is 32.4 Å². The van der Waals surface area contributed by atoms with E-state index in [1.165, 1.54) is 0 Å². The van der Waals surface area contributed by atoms with Gasteiger partial charge in [-0.15, -0.1) is 0 Å². The summed E-state index contributed by atoms with van der Waals surface area (Å²) in [7, 11) is 1.63. The summed E-state index contributed by atoms with van der Waals surface area (Å²) in [5.74, 6) is 0.871. The van der Waals surface area contributed by atoms with E-state index in [0.717, 1.165) is 17.0 Å². The van der Waals surface area contributed by atoms with Crippen molar-refractivity contribution in [3.05, 3.63) is 54.1 Å². The third-order valence-electron chi connectivity index (χ3n) is 4.65. The molecule has 1 amide bonds. The first-order valence-electron chi connectivity index (χ1n) is 8.50. The molecule has 3 rings (SSSR count). The average molecular weight is 341 g/mol. The third-order valence-corrected chi connectivity index (χ3v) is 4.65. The van der Waals surface area contributed by atoms with Gasteiger partial charge in [-0.1, -0.05) is 18.2 Å². The van der Waals surface area contributed by atoms with E-state index in [4.69, 9.17) is 4.74 Å². The molecule has 0 unspecified atom stereocenters. The fourth-order valence-electron chi connectivity index (χ4n) is 3.27. The fourth-order valence-corrected chi connectivity index (χ4v) is 3.27. The van der Waals surface area contributed by atoms with Crippen LogP contribution in [-0.4, -0.2) is 52.2 Å². The molecule has 1 N–H and O–H groups in total. The second kappa shape index (κ2) is 8.07. The van der Waals surface area contributed by atoms with E-state index in [-0.39, 0.29) is 11.8 Å². The number of nitrogens with zero attached hydrogens (tertiary/aromatic N) is 3. The number of aliphatic hydroxyl groups excluding tert-OH is 1. The van der Waals surface area contributed by atoms with Gasteiger partial charge in [0.15, 0.2) is 0 Å². The first-order valence-corrected chi connectivity index (χ1v) is 8.50. The third kappa shape index (κ3) is 4.33. The zero-order valence-corrected chi connectivity index (χ0v) is 14.3. The van der Waals surface area contributed by atoms with Crippen LogP contribution in [0.5, 0.6) is 5.75 Å². The molecule has 2 heterocycles. The van der Waals surface area contributed by atoms with Crippen LogP contribution in [0.2, 0.25) is 0 Å². The van der Waals surface area contributed by atoms with Crippen LogP contribution in [0.25, 0.3) is 0 Å². The molecule has 132 valence electrons. The standard InChI is InChI=1S/C19H23N3O3/c1-25-18-5-3-2-4-14(18)6-7-19(24)22-12-15(17(23)13-22)10-16-11-20-8-9-21-16/h2-5,8-9,11,15,17,23H,6-7,10,12-13H2,1H3/t15-,17-/m1/s1. The van der Waals surface area contributed by atoms with Crippen LogP contribution in [-0.2, 0) is 17.6 Å². The number of hydrogen-bond acceptors (Lipinski definition) is 5. The van der Waals surface area contributed by atoms with Crippen molar-refractivity contribution in [1.82, 2.24) is 14.9 Å². The number of carbonyl (C=O) groups excluding carboxylic acids is 1. The number of likely N-dealkylation sites (tertiary alicyclic amines) is 1. The topological polar surface area (TPSA) is 75.5 Å². The number of hydrogen-bond donors (Lipinski definition) is 1. The highest BCUT2D eigenvalue weighted by Gasteiger charge is 2.34. The Balaban J connectivity index is 1.54. The summed E-state index contributed by atoms with van der Waals surface area (Å²) < 4.78 is 5.33. The van der Waals surface area contributed by atoms with Gasteiger partial charge in [0.2, 0.25) is 5.91 Å². The number of aromatic nitrogens is 2. The quantitative estimate of drug-likeness (QED) is 0.861. The summed E-state index contributed by atoms with van der Waals surface area (Å²) in [4.78, 5) is 22.6. The van der Waals surface area contributed by atoms with Gasteiger partial charge >= 0.3 is 0 Å². The Kier molecular flexibility index (Phi) is 5.60. The van der Waals surface area contributed by atoms with Crippen molar-refractivity contribution in [1.29, 1.82) is 0 Å². The Hall–Kier alpha value is -2.47. The zero-order chi connectivity index (χ0) is 17.6. The lowest BCUT2D eigenvalue weighted by molar-refractivity contribution is -0.130. The maximum Gasteiger partial charge on any atom is 0.223 e. The molecular weight excluding hydrogens is 318 g/mol. The fraction of sp³-hybridized carbons (Fsp3) is 0.421. The first-order chi connectivity index (χ1) is 12.2. The summed E-state index contributed by atoms with van der Waals surface area (Å²) in [5.41, 5.74) is 1.86. The van der Waals surface area contributed by atoms with E-state index in [9.17, 15) is 9.90 Å². The smallest absolute Gasteiger partial charge is 0.223 e. The molecule has 0 bridgehead atoms. The Morgan fingerprint density at radius 1 is 1.32 bits per heavy atom. The summed E-state index contributed by atoms with van der Waals surface area (Å²) in [5, 5.41) is 10.3. The van der Waals surface area contributed by atoms with Crippen LogP contribution >= 0.6 is 0 Å². The molecule has 1 fully saturated rings. The zero-order valence-electron chi connectivity index (χ0n) is 14.3. The highest BCUT2D eigenvalue weighted by atomic mass is 16.5. The normalized spacial score (nSPS) is 19.8. The van der Waals surface area contributed by atoms with Gasteiger partial charge in [0.05, 0.1) is 18.9 Å². The van der Waals surface area contributed by atoms with Crippen molar-refractivity contribution in [3.63, 3.8) is 0 Å². The Bertz CT molecular complexity index is 708. The molecule has 1 aromatic heterocycles. The van der Waals surface area contributed by atoms with Crippen molar-refractivity contribution < 1.29 is 14.6 Å². The average Bonchev–Trinajstić information content (AvgIpc) is 3.01. The molecular formula is C19H23N3O3. The molecule has 6 heteroatoms. The summed E-state index contributed by atoms with van der Waals surface area (Å²) in [6, 6.07) is 7.73. The number of benzene rings is 1. The number of ether oxygens (including phenoxy) is 1. The van der Waals surface area contributed by atoms with Gasteiger partial charge in [0.25, 0.3) is 0 Å². The molecule has 25 heavy (non-hydrogen) atoms. The number of aryl methyl sites for hydroxylation is 1. The highest BCUT2D eigenvalue weighted by Crippen LogP contribution is 2.23. The van der Waals surface area contributed by atoms with Crippen LogP contribution < -0.4 is 4.74 Å². The molecule has 0 radical (unpaired) electrons. The Morgan fingerprint density at radius 2 is 2.16 bits per heavy atom. The van der Waals surface area contributed by atoms with Crippen LogP contribution in [0, 0.1) is 5.92 Å². The van der Waals surface area contributed by atoms with Crippen LogP contribution in [0.3, 0.4) is 0 Å². The van der Waals surface area contributed by atoms with Gasteiger partial charge < -0.3 is 14.7 Å². The molecule has 2 aromatic rings. The minimum Gasteiger partial charge on any atom is -0.496 e. The minimum atomic E-state index is -0.516.